The normalized spacial score (nSPS) is 11.3. The lowest BCUT2D eigenvalue weighted by Crippen LogP contribution is -2.17. The molecule has 0 spiro atoms. The van der Waals surface area contributed by atoms with Gasteiger partial charge >= 0.3 is 5.97 Å². The fraction of sp³-hybridized carbons (Fsp3) is 0.478. The smallest absolute Gasteiger partial charge is 0.341 e. The van der Waals surface area contributed by atoms with Crippen molar-refractivity contribution in [1.82, 2.24) is 14.8 Å². The number of rotatable bonds is 9. The highest BCUT2D eigenvalue weighted by Gasteiger charge is 2.24. The topological polar surface area (TPSA) is 86.1 Å². The standard InChI is InChI=1S/C23H30N4O3S3/c1-8-16-15(7)31-10-17(16)20-25-26-23(27(20)12(3)4)32-11-18(28)24-21-19(22(29)30-9-2)13(5)14(6)33-21/h10,12H,8-9,11H2,1-7H3,(H,24,28). The number of esters is 1. The first kappa shape index (κ1) is 25.5. The Morgan fingerprint density at radius 3 is 2.55 bits per heavy atom. The van der Waals surface area contributed by atoms with E-state index in [0.29, 0.717) is 15.7 Å². The number of nitrogens with zero attached hydrogens (tertiary/aromatic N) is 3. The summed E-state index contributed by atoms with van der Waals surface area (Å²) in [6.07, 6.45) is 0.933. The first-order chi connectivity index (χ1) is 15.7. The van der Waals surface area contributed by atoms with Gasteiger partial charge in [0.2, 0.25) is 5.91 Å². The Labute approximate surface area is 207 Å². The minimum absolute atomic E-state index is 0.142. The molecule has 3 heterocycles. The van der Waals surface area contributed by atoms with Crippen molar-refractivity contribution in [2.24, 2.45) is 0 Å². The van der Waals surface area contributed by atoms with Gasteiger partial charge in [-0.1, -0.05) is 18.7 Å². The van der Waals surface area contributed by atoms with Crippen LogP contribution in [0.4, 0.5) is 5.00 Å². The number of nitrogens with one attached hydrogen (secondary N) is 1. The maximum absolute atomic E-state index is 12.8. The molecule has 0 saturated heterocycles. The molecule has 3 aromatic heterocycles. The van der Waals surface area contributed by atoms with Crippen LogP contribution in [0.1, 0.15) is 65.0 Å². The van der Waals surface area contributed by atoms with E-state index in [1.807, 2.05) is 13.8 Å². The van der Waals surface area contributed by atoms with E-state index < -0.39 is 5.97 Å². The maximum atomic E-state index is 12.8. The largest absolute Gasteiger partial charge is 0.462 e. The molecule has 0 aromatic carbocycles. The zero-order valence-electron chi connectivity index (χ0n) is 20.1. The van der Waals surface area contributed by atoms with E-state index >= 15 is 0 Å². The number of amides is 1. The van der Waals surface area contributed by atoms with Crippen LogP contribution in [-0.2, 0) is 16.0 Å². The SMILES string of the molecule is CCOC(=O)c1c(NC(=O)CSc2nnc(-c3csc(C)c3CC)n2C(C)C)sc(C)c1C. The molecular formula is C23H30N4O3S3. The Morgan fingerprint density at radius 1 is 1.18 bits per heavy atom. The predicted octanol–water partition coefficient (Wildman–Crippen LogP) is 6.04. The number of carbonyl (C=O) groups excluding carboxylic acids is 2. The Hall–Kier alpha value is -2.17. The van der Waals surface area contributed by atoms with Crippen LogP contribution in [0, 0.1) is 20.8 Å². The van der Waals surface area contributed by atoms with Crippen LogP contribution in [0.15, 0.2) is 10.5 Å². The van der Waals surface area contributed by atoms with Gasteiger partial charge in [-0.25, -0.2) is 4.79 Å². The van der Waals surface area contributed by atoms with Crippen LogP contribution in [0.3, 0.4) is 0 Å². The molecule has 0 saturated carbocycles. The molecule has 1 amide bonds. The van der Waals surface area contributed by atoms with Gasteiger partial charge in [0.05, 0.1) is 17.9 Å². The molecule has 3 aromatic rings. The number of thiophene rings is 2. The third-order valence-corrected chi connectivity index (χ3v) is 8.35. The minimum Gasteiger partial charge on any atom is -0.462 e. The molecule has 7 nitrogen and oxygen atoms in total. The number of anilines is 1. The highest BCUT2D eigenvalue weighted by molar-refractivity contribution is 7.99. The third-order valence-electron chi connectivity index (χ3n) is 5.33. The zero-order valence-corrected chi connectivity index (χ0v) is 22.5. The number of hydrogen-bond acceptors (Lipinski definition) is 8. The molecule has 0 fully saturated rings. The summed E-state index contributed by atoms with van der Waals surface area (Å²) in [5.74, 6) is 0.381. The lowest BCUT2D eigenvalue weighted by molar-refractivity contribution is -0.113. The average molecular weight is 507 g/mol. The van der Waals surface area contributed by atoms with Gasteiger partial charge in [-0.15, -0.1) is 32.9 Å². The van der Waals surface area contributed by atoms with Gasteiger partial charge in [-0.3, -0.25) is 9.36 Å². The van der Waals surface area contributed by atoms with Gasteiger partial charge in [0.1, 0.15) is 5.00 Å². The summed E-state index contributed by atoms with van der Waals surface area (Å²) in [5, 5.41) is 15.1. The van der Waals surface area contributed by atoms with Gasteiger partial charge in [0.25, 0.3) is 0 Å². The van der Waals surface area contributed by atoms with Crippen molar-refractivity contribution < 1.29 is 14.3 Å². The van der Waals surface area contributed by atoms with Gasteiger partial charge < -0.3 is 10.1 Å². The molecule has 0 aliphatic rings. The highest BCUT2D eigenvalue weighted by Crippen LogP contribution is 2.35. The quantitative estimate of drug-likeness (QED) is 0.281. The second-order valence-electron chi connectivity index (χ2n) is 7.85. The number of carbonyl (C=O) groups is 2. The number of ether oxygens (including phenoxy) is 1. The van der Waals surface area contributed by atoms with Crippen molar-refractivity contribution in [1.29, 1.82) is 0 Å². The molecule has 0 aliphatic heterocycles. The first-order valence-electron chi connectivity index (χ1n) is 10.9. The summed E-state index contributed by atoms with van der Waals surface area (Å²) in [4.78, 5) is 27.4. The number of hydrogen-bond donors (Lipinski definition) is 1. The van der Waals surface area contributed by atoms with E-state index in [-0.39, 0.29) is 24.3 Å². The van der Waals surface area contributed by atoms with Crippen molar-refractivity contribution in [3.63, 3.8) is 0 Å². The van der Waals surface area contributed by atoms with Gasteiger partial charge in [-0.05, 0) is 59.1 Å². The van der Waals surface area contributed by atoms with Crippen LogP contribution in [0.25, 0.3) is 11.4 Å². The predicted molar refractivity (Wildman–Crippen MR) is 137 cm³/mol. The van der Waals surface area contributed by atoms with Crippen LogP contribution in [0.2, 0.25) is 0 Å². The molecule has 0 radical (unpaired) electrons. The minimum atomic E-state index is -0.413. The van der Waals surface area contributed by atoms with Crippen molar-refractivity contribution in [2.45, 2.75) is 66.1 Å². The fourth-order valence-corrected chi connectivity index (χ4v) is 6.46. The molecule has 178 valence electrons. The highest BCUT2D eigenvalue weighted by atomic mass is 32.2. The van der Waals surface area contributed by atoms with Gasteiger partial charge in [0, 0.05) is 26.7 Å². The monoisotopic (exact) mass is 506 g/mol. The van der Waals surface area contributed by atoms with E-state index in [1.165, 1.54) is 33.5 Å². The Balaban J connectivity index is 1.79. The Morgan fingerprint density at radius 2 is 1.91 bits per heavy atom. The van der Waals surface area contributed by atoms with Crippen molar-refractivity contribution >= 4 is 51.3 Å². The van der Waals surface area contributed by atoms with Gasteiger partial charge in [0.15, 0.2) is 11.0 Å². The van der Waals surface area contributed by atoms with Crippen molar-refractivity contribution in [3.8, 4) is 11.4 Å². The summed E-state index contributed by atoms with van der Waals surface area (Å²) >= 11 is 4.45. The Kier molecular flexibility index (Phi) is 8.36. The summed E-state index contributed by atoms with van der Waals surface area (Å²) in [5.41, 5.74) is 3.67. The molecule has 33 heavy (non-hydrogen) atoms. The van der Waals surface area contributed by atoms with E-state index in [0.717, 1.165) is 28.2 Å². The van der Waals surface area contributed by atoms with Crippen LogP contribution in [0.5, 0.6) is 0 Å². The van der Waals surface area contributed by atoms with Gasteiger partial charge in [-0.2, -0.15) is 0 Å². The van der Waals surface area contributed by atoms with Crippen LogP contribution < -0.4 is 5.32 Å². The second kappa shape index (κ2) is 10.8. The number of aryl methyl sites for hydroxylation is 2. The number of aromatic nitrogens is 3. The lowest BCUT2D eigenvalue weighted by Gasteiger charge is -2.14. The maximum Gasteiger partial charge on any atom is 0.341 e. The molecule has 1 N–H and O–H groups in total. The van der Waals surface area contributed by atoms with E-state index in [9.17, 15) is 9.59 Å². The first-order valence-corrected chi connectivity index (χ1v) is 13.6. The van der Waals surface area contributed by atoms with E-state index in [1.54, 1.807) is 18.3 Å². The fourth-order valence-electron chi connectivity index (χ4n) is 3.59. The molecule has 10 heteroatoms. The lowest BCUT2D eigenvalue weighted by atomic mass is 10.1. The summed E-state index contributed by atoms with van der Waals surface area (Å²) in [7, 11) is 0. The number of thioether (sulfide) groups is 1. The molecule has 0 aliphatic carbocycles. The second-order valence-corrected chi connectivity index (χ2v) is 11.1. The van der Waals surface area contributed by atoms with Crippen LogP contribution >= 0.6 is 34.4 Å². The molecule has 0 atom stereocenters. The molecule has 3 rings (SSSR count). The summed E-state index contributed by atoms with van der Waals surface area (Å²) < 4.78 is 7.26. The Bertz CT molecular complexity index is 1160. The summed E-state index contributed by atoms with van der Waals surface area (Å²) in [6, 6.07) is 0.142. The molecule has 0 unspecified atom stereocenters. The molecule has 0 bridgehead atoms. The van der Waals surface area contributed by atoms with Crippen LogP contribution in [-0.4, -0.2) is 39.0 Å². The van der Waals surface area contributed by atoms with E-state index in [2.05, 4.69) is 53.2 Å². The van der Waals surface area contributed by atoms with Crippen molar-refractivity contribution in [3.05, 3.63) is 31.8 Å². The average Bonchev–Trinajstić information content (AvgIpc) is 3.42. The summed E-state index contributed by atoms with van der Waals surface area (Å²) in [6.45, 7) is 14.3. The van der Waals surface area contributed by atoms with Crippen molar-refractivity contribution in [2.75, 3.05) is 17.7 Å². The van der Waals surface area contributed by atoms with E-state index in [4.69, 9.17) is 4.74 Å². The molecular weight excluding hydrogens is 476 g/mol. The third kappa shape index (κ3) is 5.33. The zero-order chi connectivity index (χ0) is 24.3.